The van der Waals surface area contributed by atoms with E-state index in [1.807, 2.05) is 30.3 Å². The van der Waals surface area contributed by atoms with Crippen LogP contribution in [0, 0.1) is 0 Å². The summed E-state index contributed by atoms with van der Waals surface area (Å²) in [5.74, 6) is 0. The van der Waals surface area contributed by atoms with Crippen LogP contribution >= 0.6 is 0 Å². The van der Waals surface area contributed by atoms with Gasteiger partial charge in [-0.1, -0.05) is 148 Å². The summed E-state index contributed by atoms with van der Waals surface area (Å²) in [7, 11) is 0. The monoisotopic (exact) mass is 533 g/mol. The number of nitrogens with zero attached hydrogens (tertiary/aromatic N) is 3. The lowest BCUT2D eigenvalue weighted by Gasteiger charge is -2.25. The molecule has 2 aromatic carbocycles. The molecule has 0 aromatic heterocycles. The Kier molecular flexibility index (Phi) is 20.1. The minimum absolute atomic E-state index is 0.894. The lowest BCUT2D eigenvalue weighted by atomic mass is 10.1. The van der Waals surface area contributed by atoms with Crippen LogP contribution in [-0.2, 0) is 0 Å². The molecule has 2 rings (SSSR count). The second-order valence-corrected chi connectivity index (χ2v) is 11.4. The smallest absolute Gasteiger partial charge is 0.0858 e. The number of benzene rings is 2. The quantitative estimate of drug-likeness (QED) is 0.0921. The van der Waals surface area contributed by atoms with E-state index < -0.39 is 0 Å². The van der Waals surface area contributed by atoms with E-state index in [0.717, 1.165) is 11.4 Å². The molecule has 0 heterocycles. The summed E-state index contributed by atoms with van der Waals surface area (Å²) in [6, 6.07) is 18.7. The van der Waals surface area contributed by atoms with Crippen molar-refractivity contribution in [1.82, 2.24) is 0 Å². The maximum absolute atomic E-state index is 4.44. The summed E-state index contributed by atoms with van der Waals surface area (Å²) in [6.07, 6.45) is 27.8. The van der Waals surface area contributed by atoms with Crippen molar-refractivity contribution in [2.75, 3.05) is 18.0 Å². The van der Waals surface area contributed by atoms with Crippen molar-refractivity contribution in [2.24, 2.45) is 10.2 Å². The third-order valence-electron chi connectivity index (χ3n) is 7.82. The van der Waals surface area contributed by atoms with Crippen LogP contribution in [0.3, 0.4) is 0 Å². The van der Waals surface area contributed by atoms with E-state index in [4.69, 9.17) is 0 Å². The number of hydrogen-bond donors (Lipinski definition) is 0. The Morgan fingerprint density at radius 3 is 1.18 bits per heavy atom. The van der Waals surface area contributed by atoms with Gasteiger partial charge in [0, 0.05) is 18.8 Å². The first-order valence-electron chi connectivity index (χ1n) is 16.6. The molecule has 3 nitrogen and oxygen atoms in total. The van der Waals surface area contributed by atoms with Crippen LogP contribution in [-0.4, -0.2) is 13.1 Å². The molecule has 218 valence electrons. The minimum atomic E-state index is 0.894. The molecule has 0 bridgehead atoms. The highest BCUT2D eigenvalue weighted by Gasteiger charge is 2.07. The van der Waals surface area contributed by atoms with E-state index in [0.29, 0.717) is 0 Å². The van der Waals surface area contributed by atoms with E-state index in [1.165, 1.54) is 147 Å². The topological polar surface area (TPSA) is 28.0 Å². The number of azo groups is 1. The SMILES string of the molecule is CCCCCCCCCCCCN(CCCCCCCCCCCC)c1ccc(N=Nc2ccccc2)cc1. The fraction of sp³-hybridized carbons (Fsp3) is 0.667. The van der Waals surface area contributed by atoms with Crippen molar-refractivity contribution >= 4 is 17.1 Å². The van der Waals surface area contributed by atoms with Crippen molar-refractivity contribution in [3.8, 4) is 0 Å². The molecule has 39 heavy (non-hydrogen) atoms. The molecule has 0 saturated heterocycles. The van der Waals surface area contributed by atoms with Gasteiger partial charge in [0.15, 0.2) is 0 Å². The second-order valence-electron chi connectivity index (χ2n) is 11.4. The van der Waals surface area contributed by atoms with Crippen LogP contribution in [0.1, 0.15) is 142 Å². The Bertz CT molecular complexity index is 791. The molecular formula is C36H59N3. The maximum atomic E-state index is 4.44. The average molecular weight is 534 g/mol. The normalized spacial score (nSPS) is 11.4. The van der Waals surface area contributed by atoms with Gasteiger partial charge in [0.05, 0.1) is 11.4 Å². The van der Waals surface area contributed by atoms with Crippen LogP contribution < -0.4 is 4.90 Å². The average Bonchev–Trinajstić information content (AvgIpc) is 2.97. The van der Waals surface area contributed by atoms with E-state index in [9.17, 15) is 0 Å². The molecule has 3 heteroatoms. The van der Waals surface area contributed by atoms with E-state index in [2.05, 4.69) is 53.2 Å². The highest BCUT2D eigenvalue weighted by molar-refractivity contribution is 5.53. The molecule has 0 spiro atoms. The minimum Gasteiger partial charge on any atom is -0.372 e. The van der Waals surface area contributed by atoms with Crippen LogP contribution in [0.25, 0.3) is 0 Å². The van der Waals surface area contributed by atoms with Crippen LogP contribution in [0.15, 0.2) is 64.8 Å². The summed E-state index contributed by atoms with van der Waals surface area (Å²) in [5, 5.41) is 8.81. The summed E-state index contributed by atoms with van der Waals surface area (Å²) < 4.78 is 0. The predicted octanol–water partition coefficient (Wildman–Crippen LogP) is 12.8. The van der Waals surface area contributed by atoms with Crippen LogP contribution in [0.4, 0.5) is 17.1 Å². The van der Waals surface area contributed by atoms with Crippen molar-refractivity contribution in [2.45, 2.75) is 142 Å². The Balaban J connectivity index is 1.74. The Morgan fingerprint density at radius 1 is 0.410 bits per heavy atom. The largest absolute Gasteiger partial charge is 0.372 e. The van der Waals surface area contributed by atoms with Crippen molar-refractivity contribution in [3.05, 3.63) is 54.6 Å². The van der Waals surface area contributed by atoms with Gasteiger partial charge in [0.25, 0.3) is 0 Å². The van der Waals surface area contributed by atoms with Gasteiger partial charge < -0.3 is 4.90 Å². The summed E-state index contributed by atoms with van der Waals surface area (Å²) >= 11 is 0. The Labute approximate surface area is 241 Å². The van der Waals surface area contributed by atoms with Crippen molar-refractivity contribution < 1.29 is 0 Å². The van der Waals surface area contributed by atoms with Crippen LogP contribution in [0.2, 0.25) is 0 Å². The first kappa shape index (κ1) is 33.0. The zero-order chi connectivity index (χ0) is 27.6. The fourth-order valence-corrected chi connectivity index (χ4v) is 5.29. The maximum Gasteiger partial charge on any atom is 0.0858 e. The Hall–Kier alpha value is -2.16. The van der Waals surface area contributed by atoms with Gasteiger partial charge in [-0.2, -0.15) is 10.2 Å². The fourth-order valence-electron chi connectivity index (χ4n) is 5.29. The molecule has 2 aromatic rings. The molecule has 0 unspecified atom stereocenters. The molecule has 0 amide bonds. The van der Waals surface area contributed by atoms with E-state index in [1.54, 1.807) is 0 Å². The molecular weight excluding hydrogens is 474 g/mol. The van der Waals surface area contributed by atoms with Crippen LogP contribution in [0.5, 0.6) is 0 Å². The zero-order valence-corrected chi connectivity index (χ0v) is 25.6. The van der Waals surface area contributed by atoms with Gasteiger partial charge in [0.2, 0.25) is 0 Å². The predicted molar refractivity (Wildman–Crippen MR) is 173 cm³/mol. The Morgan fingerprint density at radius 2 is 0.769 bits per heavy atom. The molecule has 0 saturated carbocycles. The molecule has 0 aliphatic heterocycles. The van der Waals surface area contributed by atoms with Crippen molar-refractivity contribution in [3.63, 3.8) is 0 Å². The molecule has 0 aliphatic carbocycles. The molecule has 0 fully saturated rings. The standard InChI is InChI=1S/C36H59N3/c1-3-5-7-9-11-13-15-17-19-24-32-39(33-25-20-18-16-14-12-10-8-6-4-2)36-30-28-35(29-31-36)38-37-34-26-22-21-23-27-34/h21-23,26-31H,3-20,24-25,32-33H2,1-2H3. The zero-order valence-electron chi connectivity index (χ0n) is 25.6. The number of unbranched alkanes of at least 4 members (excludes halogenated alkanes) is 18. The van der Waals surface area contributed by atoms with Gasteiger partial charge in [-0.15, -0.1) is 0 Å². The lowest BCUT2D eigenvalue weighted by molar-refractivity contribution is 0.543. The third kappa shape index (κ3) is 17.2. The summed E-state index contributed by atoms with van der Waals surface area (Å²) in [5.41, 5.74) is 3.14. The third-order valence-corrected chi connectivity index (χ3v) is 7.82. The van der Waals surface area contributed by atoms with Gasteiger partial charge in [-0.05, 0) is 49.2 Å². The highest BCUT2D eigenvalue weighted by atomic mass is 15.1. The van der Waals surface area contributed by atoms with E-state index >= 15 is 0 Å². The highest BCUT2D eigenvalue weighted by Crippen LogP contribution is 2.23. The van der Waals surface area contributed by atoms with Gasteiger partial charge >= 0.3 is 0 Å². The summed E-state index contributed by atoms with van der Waals surface area (Å²) in [6.45, 7) is 6.92. The lowest BCUT2D eigenvalue weighted by Crippen LogP contribution is -2.25. The molecule has 0 N–H and O–H groups in total. The summed E-state index contributed by atoms with van der Waals surface area (Å²) in [4.78, 5) is 2.62. The number of anilines is 1. The molecule has 0 radical (unpaired) electrons. The molecule has 0 aliphatic rings. The van der Waals surface area contributed by atoms with Gasteiger partial charge in [0.1, 0.15) is 0 Å². The first-order valence-corrected chi connectivity index (χ1v) is 16.6. The van der Waals surface area contributed by atoms with Gasteiger partial charge in [-0.25, -0.2) is 0 Å². The number of rotatable bonds is 25. The van der Waals surface area contributed by atoms with E-state index in [-0.39, 0.29) is 0 Å². The number of hydrogen-bond acceptors (Lipinski definition) is 3. The van der Waals surface area contributed by atoms with Gasteiger partial charge in [-0.3, -0.25) is 0 Å². The molecule has 0 atom stereocenters. The van der Waals surface area contributed by atoms with Crippen molar-refractivity contribution in [1.29, 1.82) is 0 Å². The second kappa shape index (κ2) is 23.7. The first-order chi connectivity index (χ1) is 19.3.